The largest absolute Gasteiger partial charge is 0.396 e. The molecular formula is C17H18N2O2S. The van der Waals surface area contributed by atoms with Gasteiger partial charge in [-0.05, 0) is 36.2 Å². The first kappa shape index (κ1) is 15.1. The Morgan fingerprint density at radius 3 is 2.64 bits per heavy atom. The van der Waals surface area contributed by atoms with Crippen LogP contribution in [0.1, 0.15) is 13.3 Å². The molecule has 1 N–H and O–H groups in total. The molecule has 4 nitrogen and oxygen atoms in total. The highest BCUT2D eigenvalue weighted by atomic mass is 32.2. The van der Waals surface area contributed by atoms with Gasteiger partial charge in [-0.2, -0.15) is 0 Å². The molecule has 0 aliphatic rings. The Labute approximate surface area is 132 Å². The number of hydrogen-bond donors (Lipinski definition) is 1. The number of benzene rings is 2. The zero-order valence-corrected chi connectivity index (χ0v) is 13.3. The standard InChI is InChI=1S/C17H18N2O2S/c1-2-19-16(21)14-10-12-6-3-4-7-13(12)11-15(14)18-17(19)22-9-5-8-20/h3-4,6-7,10-11,20H,2,5,8-9H2,1H3. The van der Waals surface area contributed by atoms with Crippen molar-refractivity contribution in [2.24, 2.45) is 0 Å². The number of aliphatic hydroxyl groups is 1. The van der Waals surface area contributed by atoms with E-state index < -0.39 is 0 Å². The van der Waals surface area contributed by atoms with E-state index >= 15 is 0 Å². The average molecular weight is 314 g/mol. The lowest BCUT2D eigenvalue weighted by atomic mass is 10.1. The lowest BCUT2D eigenvalue weighted by Gasteiger charge is -2.11. The van der Waals surface area contributed by atoms with E-state index in [1.54, 1.807) is 4.57 Å². The highest BCUT2D eigenvalue weighted by molar-refractivity contribution is 7.99. The van der Waals surface area contributed by atoms with Crippen molar-refractivity contribution < 1.29 is 5.11 Å². The minimum atomic E-state index is 0.00440. The zero-order chi connectivity index (χ0) is 15.5. The van der Waals surface area contributed by atoms with Crippen LogP contribution >= 0.6 is 11.8 Å². The third-order valence-corrected chi connectivity index (χ3v) is 4.70. The van der Waals surface area contributed by atoms with Crippen LogP contribution < -0.4 is 5.56 Å². The zero-order valence-electron chi connectivity index (χ0n) is 12.5. The fourth-order valence-corrected chi connectivity index (χ4v) is 3.49. The van der Waals surface area contributed by atoms with Crippen LogP contribution in [-0.4, -0.2) is 27.0 Å². The molecule has 114 valence electrons. The van der Waals surface area contributed by atoms with Crippen LogP contribution in [0.3, 0.4) is 0 Å². The van der Waals surface area contributed by atoms with Crippen molar-refractivity contribution in [1.82, 2.24) is 9.55 Å². The van der Waals surface area contributed by atoms with Gasteiger partial charge in [-0.15, -0.1) is 0 Å². The maximum Gasteiger partial charge on any atom is 0.262 e. The second-order valence-electron chi connectivity index (χ2n) is 5.09. The molecule has 1 heterocycles. The Balaban J connectivity index is 2.20. The summed E-state index contributed by atoms with van der Waals surface area (Å²) in [5, 5.41) is 12.4. The predicted octanol–water partition coefficient (Wildman–Crippen LogP) is 3.04. The first-order valence-electron chi connectivity index (χ1n) is 7.41. The van der Waals surface area contributed by atoms with Crippen molar-refractivity contribution in [3.63, 3.8) is 0 Å². The molecule has 3 aromatic rings. The molecule has 22 heavy (non-hydrogen) atoms. The van der Waals surface area contributed by atoms with E-state index in [2.05, 4.69) is 4.98 Å². The number of hydrogen-bond acceptors (Lipinski definition) is 4. The molecule has 0 aliphatic heterocycles. The second kappa shape index (κ2) is 6.50. The predicted molar refractivity (Wildman–Crippen MR) is 91.6 cm³/mol. The summed E-state index contributed by atoms with van der Waals surface area (Å²) in [6, 6.07) is 11.9. The molecule has 2 aromatic carbocycles. The van der Waals surface area contributed by atoms with E-state index in [9.17, 15) is 4.79 Å². The van der Waals surface area contributed by atoms with Gasteiger partial charge in [0.2, 0.25) is 0 Å². The Kier molecular flexibility index (Phi) is 4.45. The van der Waals surface area contributed by atoms with Gasteiger partial charge in [-0.25, -0.2) is 4.98 Å². The Morgan fingerprint density at radius 2 is 1.95 bits per heavy atom. The van der Waals surface area contributed by atoms with Gasteiger partial charge < -0.3 is 5.11 Å². The van der Waals surface area contributed by atoms with Crippen molar-refractivity contribution >= 4 is 33.4 Å². The number of fused-ring (bicyclic) bond motifs is 2. The second-order valence-corrected chi connectivity index (χ2v) is 6.15. The molecule has 0 aliphatic carbocycles. The van der Waals surface area contributed by atoms with E-state index in [0.29, 0.717) is 18.4 Å². The number of thioether (sulfide) groups is 1. The summed E-state index contributed by atoms with van der Waals surface area (Å²) in [4.78, 5) is 17.4. The van der Waals surface area contributed by atoms with Crippen molar-refractivity contribution in [2.75, 3.05) is 12.4 Å². The molecule has 0 saturated heterocycles. The third kappa shape index (κ3) is 2.74. The molecule has 3 rings (SSSR count). The van der Waals surface area contributed by atoms with Gasteiger partial charge in [-0.1, -0.05) is 36.0 Å². The summed E-state index contributed by atoms with van der Waals surface area (Å²) in [7, 11) is 0. The minimum absolute atomic E-state index is 0.00440. The average Bonchev–Trinajstić information content (AvgIpc) is 2.54. The topological polar surface area (TPSA) is 55.1 Å². The first-order chi connectivity index (χ1) is 10.7. The number of aromatic nitrogens is 2. The fourth-order valence-electron chi connectivity index (χ4n) is 2.50. The van der Waals surface area contributed by atoms with Gasteiger partial charge in [0.25, 0.3) is 5.56 Å². The third-order valence-electron chi connectivity index (χ3n) is 3.64. The fraction of sp³-hybridized carbons (Fsp3) is 0.294. The molecule has 0 atom stereocenters. The van der Waals surface area contributed by atoms with Crippen molar-refractivity contribution in [2.45, 2.75) is 25.0 Å². The summed E-state index contributed by atoms with van der Waals surface area (Å²) in [5.41, 5.74) is 0.740. The molecule has 0 unspecified atom stereocenters. The monoisotopic (exact) mass is 314 g/mol. The molecular weight excluding hydrogens is 296 g/mol. The Morgan fingerprint density at radius 1 is 1.23 bits per heavy atom. The number of rotatable bonds is 5. The SMILES string of the molecule is CCn1c(SCCCO)nc2cc3ccccc3cc2c1=O. The van der Waals surface area contributed by atoms with E-state index in [4.69, 9.17) is 5.11 Å². The summed E-state index contributed by atoms with van der Waals surface area (Å²) >= 11 is 1.52. The minimum Gasteiger partial charge on any atom is -0.396 e. The molecule has 0 radical (unpaired) electrons. The summed E-state index contributed by atoms with van der Waals surface area (Å²) < 4.78 is 1.71. The van der Waals surface area contributed by atoms with Gasteiger partial charge in [-0.3, -0.25) is 9.36 Å². The molecule has 0 fully saturated rings. The van der Waals surface area contributed by atoms with Crippen LogP contribution in [0.5, 0.6) is 0 Å². The first-order valence-corrected chi connectivity index (χ1v) is 8.40. The van der Waals surface area contributed by atoms with Crippen molar-refractivity contribution in [3.8, 4) is 0 Å². The number of nitrogens with zero attached hydrogens (tertiary/aromatic N) is 2. The molecule has 0 amide bonds. The summed E-state index contributed by atoms with van der Waals surface area (Å²) in [6.45, 7) is 2.70. The van der Waals surface area contributed by atoms with Crippen LogP contribution in [0.2, 0.25) is 0 Å². The maximum atomic E-state index is 12.7. The number of aliphatic hydroxyl groups excluding tert-OH is 1. The molecule has 0 bridgehead atoms. The van der Waals surface area contributed by atoms with Crippen LogP contribution in [-0.2, 0) is 6.54 Å². The van der Waals surface area contributed by atoms with E-state index in [0.717, 1.165) is 27.2 Å². The van der Waals surface area contributed by atoms with Gasteiger partial charge in [0.05, 0.1) is 10.9 Å². The highest BCUT2D eigenvalue weighted by Crippen LogP contribution is 2.22. The van der Waals surface area contributed by atoms with Crippen molar-refractivity contribution in [3.05, 3.63) is 46.8 Å². The van der Waals surface area contributed by atoms with Gasteiger partial charge in [0, 0.05) is 18.9 Å². The highest BCUT2D eigenvalue weighted by Gasteiger charge is 2.11. The lowest BCUT2D eigenvalue weighted by molar-refractivity contribution is 0.296. The molecule has 0 saturated carbocycles. The van der Waals surface area contributed by atoms with Gasteiger partial charge >= 0.3 is 0 Å². The molecule has 1 aromatic heterocycles. The molecule has 0 spiro atoms. The van der Waals surface area contributed by atoms with E-state index in [-0.39, 0.29) is 12.2 Å². The van der Waals surface area contributed by atoms with E-state index in [1.165, 1.54) is 11.8 Å². The smallest absolute Gasteiger partial charge is 0.262 e. The Bertz CT molecular complexity index is 874. The van der Waals surface area contributed by atoms with Gasteiger partial charge in [0.1, 0.15) is 0 Å². The Hall–Kier alpha value is -1.85. The van der Waals surface area contributed by atoms with Crippen LogP contribution in [0, 0.1) is 0 Å². The molecule has 5 heteroatoms. The van der Waals surface area contributed by atoms with Crippen molar-refractivity contribution in [1.29, 1.82) is 0 Å². The van der Waals surface area contributed by atoms with Crippen LogP contribution in [0.25, 0.3) is 21.7 Å². The summed E-state index contributed by atoms with van der Waals surface area (Å²) in [5.74, 6) is 0.752. The van der Waals surface area contributed by atoms with Gasteiger partial charge in [0.15, 0.2) is 5.16 Å². The lowest BCUT2D eigenvalue weighted by Crippen LogP contribution is -2.22. The normalized spacial score (nSPS) is 11.4. The quantitative estimate of drug-likeness (QED) is 0.340. The maximum absolute atomic E-state index is 12.7. The van der Waals surface area contributed by atoms with Crippen LogP contribution in [0.15, 0.2) is 46.3 Å². The van der Waals surface area contributed by atoms with Crippen LogP contribution in [0.4, 0.5) is 0 Å². The van der Waals surface area contributed by atoms with E-state index in [1.807, 2.05) is 43.3 Å². The summed E-state index contributed by atoms with van der Waals surface area (Å²) in [6.07, 6.45) is 0.694.